The average molecular weight is 190 g/mol. The second kappa shape index (κ2) is 3.31. The highest BCUT2D eigenvalue weighted by Gasteiger charge is 2.23. The van der Waals surface area contributed by atoms with Gasteiger partial charge in [-0.05, 0) is 0 Å². The summed E-state index contributed by atoms with van der Waals surface area (Å²) in [7, 11) is 5.89. The average Bonchev–Trinajstić information content (AvgIpc) is 2.47. The second-order valence-corrected chi connectivity index (χ2v) is 3.29. The molecular weight excluding hydrogens is 176 g/mol. The van der Waals surface area contributed by atoms with E-state index >= 15 is 0 Å². The molecule has 2 rings (SSSR count). The highest BCUT2D eigenvalue weighted by Crippen LogP contribution is 2.14. The summed E-state index contributed by atoms with van der Waals surface area (Å²) in [5.74, 6) is 0.968. The van der Waals surface area contributed by atoms with Crippen LogP contribution in [0.5, 0.6) is 0 Å². The topological polar surface area (TPSA) is 22.1 Å². The lowest BCUT2D eigenvalue weighted by Crippen LogP contribution is -2.40. The van der Waals surface area contributed by atoms with Gasteiger partial charge in [0.2, 0.25) is 0 Å². The highest BCUT2D eigenvalue weighted by molar-refractivity contribution is 5.98. The first-order valence-electron chi connectivity index (χ1n) is 4.55. The van der Waals surface area contributed by atoms with E-state index in [0.717, 1.165) is 11.4 Å². The minimum absolute atomic E-state index is 0.968. The van der Waals surface area contributed by atoms with Crippen molar-refractivity contribution in [2.45, 2.75) is 0 Å². The van der Waals surface area contributed by atoms with E-state index in [9.17, 15) is 0 Å². The van der Waals surface area contributed by atoms with Gasteiger partial charge in [-0.1, -0.05) is 30.3 Å². The fourth-order valence-corrected chi connectivity index (χ4v) is 1.43. The summed E-state index contributed by atoms with van der Waals surface area (Å²) >= 11 is 0. The van der Waals surface area contributed by atoms with Crippen LogP contribution in [-0.2, 0) is 0 Å². The number of rotatable bonds is 1. The summed E-state index contributed by atoms with van der Waals surface area (Å²) in [4.78, 5) is 0. The van der Waals surface area contributed by atoms with Gasteiger partial charge in [-0.3, -0.25) is 5.01 Å². The van der Waals surface area contributed by atoms with E-state index in [-0.39, 0.29) is 0 Å². The quantitative estimate of drug-likeness (QED) is 0.659. The maximum atomic E-state index is 4.42. The molecule has 4 heteroatoms. The van der Waals surface area contributed by atoms with Crippen molar-refractivity contribution in [2.75, 3.05) is 21.1 Å². The van der Waals surface area contributed by atoms with Crippen LogP contribution in [0.2, 0.25) is 0 Å². The Balaban J connectivity index is 2.33. The van der Waals surface area contributed by atoms with Gasteiger partial charge in [-0.15, -0.1) is 10.2 Å². The Morgan fingerprint density at radius 1 is 1.00 bits per heavy atom. The number of amidine groups is 1. The van der Waals surface area contributed by atoms with Crippen molar-refractivity contribution >= 4 is 5.84 Å². The van der Waals surface area contributed by atoms with Gasteiger partial charge >= 0.3 is 0 Å². The Hall–Kier alpha value is -1.55. The maximum absolute atomic E-state index is 4.42. The molecule has 1 aliphatic heterocycles. The van der Waals surface area contributed by atoms with Crippen LogP contribution in [0.15, 0.2) is 35.4 Å². The van der Waals surface area contributed by atoms with Crippen LogP contribution in [0, 0.1) is 0 Å². The zero-order valence-corrected chi connectivity index (χ0v) is 8.68. The molecule has 0 spiro atoms. The van der Waals surface area contributed by atoms with Crippen molar-refractivity contribution in [2.24, 2.45) is 5.10 Å². The van der Waals surface area contributed by atoms with Gasteiger partial charge in [0, 0.05) is 26.7 Å². The van der Waals surface area contributed by atoms with Gasteiger partial charge in [-0.25, -0.2) is 5.12 Å². The van der Waals surface area contributed by atoms with E-state index in [4.69, 9.17) is 0 Å². The smallest absolute Gasteiger partial charge is 0.173 e. The summed E-state index contributed by atoms with van der Waals surface area (Å²) in [6, 6.07) is 10.2. The third kappa shape index (κ3) is 1.33. The molecule has 1 aromatic carbocycles. The first-order chi connectivity index (χ1) is 6.70. The fraction of sp³-hybridized carbons (Fsp3) is 0.300. The zero-order chi connectivity index (χ0) is 10.1. The minimum Gasteiger partial charge on any atom is -0.272 e. The van der Waals surface area contributed by atoms with Crippen molar-refractivity contribution in [1.82, 2.24) is 15.2 Å². The van der Waals surface area contributed by atoms with Gasteiger partial charge in [0.05, 0.1) is 0 Å². The largest absolute Gasteiger partial charge is 0.272 e. The first kappa shape index (κ1) is 9.02. The second-order valence-electron chi connectivity index (χ2n) is 3.29. The van der Waals surface area contributed by atoms with Crippen molar-refractivity contribution < 1.29 is 0 Å². The fourth-order valence-electron chi connectivity index (χ4n) is 1.43. The summed E-state index contributed by atoms with van der Waals surface area (Å²) in [5, 5.41) is 10.2. The van der Waals surface area contributed by atoms with E-state index in [1.54, 1.807) is 0 Å². The van der Waals surface area contributed by atoms with Crippen LogP contribution in [-0.4, -0.2) is 42.2 Å². The molecule has 1 heterocycles. The third-order valence-electron chi connectivity index (χ3n) is 2.43. The molecule has 0 radical (unpaired) electrons. The molecule has 0 N–H and O–H groups in total. The molecule has 0 bridgehead atoms. The highest BCUT2D eigenvalue weighted by atomic mass is 16.0. The predicted molar refractivity (Wildman–Crippen MR) is 56.3 cm³/mol. The number of nitrogens with zero attached hydrogens (tertiary/aromatic N) is 4. The maximum Gasteiger partial charge on any atom is 0.173 e. The van der Waals surface area contributed by atoms with E-state index in [2.05, 4.69) is 17.2 Å². The van der Waals surface area contributed by atoms with E-state index in [1.165, 1.54) is 0 Å². The molecule has 0 saturated carbocycles. The van der Waals surface area contributed by atoms with Crippen LogP contribution in [0.4, 0.5) is 0 Å². The normalized spacial score (nSPS) is 17.5. The van der Waals surface area contributed by atoms with Gasteiger partial charge < -0.3 is 0 Å². The Kier molecular flexibility index (Phi) is 2.13. The first-order valence-corrected chi connectivity index (χ1v) is 4.55. The Labute approximate surface area is 84.0 Å². The van der Waals surface area contributed by atoms with Crippen molar-refractivity contribution in [3.8, 4) is 0 Å². The number of hydrogen-bond donors (Lipinski definition) is 0. The molecule has 0 saturated heterocycles. The number of benzene rings is 1. The SMILES string of the molecule is CN1N=C(c2ccccc2)N(C)N1C. The Bertz CT molecular complexity index is 346. The number of hydrogen-bond acceptors (Lipinski definition) is 4. The lowest BCUT2D eigenvalue weighted by Gasteiger charge is -2.25. The van der Waals surface area contributed by atoms with Crippen LogP contribution in [0.3, 0.4) is 0 Å². The summed E-state index contributed by atoms with van der Waals surface area (Å²) < 4.78 is 0. The van der Waals surface area contributed by atoms with Crippen molar-refractivity contribution in [1.29, 1.82) is 0 Å². The standard InChI is InChI=1S/C10H14N4/c1-12-10(11-13(2)14(12)3)9-7-5-4-6-8-9/h4-8H,1-3H3. The molecule has 0 aromatic heterocycles. The van der Waals surface area contributed by atoms with Gasteiger partial charge in [-0.2, -0.15) is 0 Å². The third-order valence-corrected chi connectivity index (χ3v) is 2.43. The van der Waals surface area contributed by atoms with Crippen molar-refractivity contribution in [3.63, 3.8) is 0 Å². The minimum atomic E-state index is 0.968. The molecular formula is C10H14N4. The van der Waals surface area contributed by atoms with Crippen LogP contribution in [0.25, 0.3) is 0 Å². The monoisotopic (exact) mass is 190 g/mol. The predicted octanol–water partition coefficient (Wildman–Crippen LogP) is 0.987. The molecule has 0 fully saturated rings. The van der Waals surface area contributed by atoms with E-state index in [0.29, 0.717) is 0 Å². The Morgan fingerprint density at radius 3 is 2.14 bits per heavy atom. The summed E-state index contributed by atoms with van der Waals surface area (Å²) in [6.45, 7) is 0. The van der Waals surface area contributed by atoms with Crippen molar-refractivity contribution in [3.05, 3.63) is 35.9 Å². The molecule has 0 unspecified atom stereocenters. The lowest BCUT2D eigenvalue weighted by molar-refractivity contribution is -0.0673. The Morgan fingerprint density at radius 2 is 1.64 bits per heavy atom. The number of hydrazine groups is 2. The number of hydrazone groups is 1. The molecule has 0 aliphatic carbocycles. The van der Waals surface area contributed by atoms with Gasteiger partial charge in [0.15, 0.2) is 5.84 Å². The molecule has 4 nitrogen and oxygen atoms in total. The van der Waals surface area contributed by atoms with Gasteiger partial charge in [0.25, 0.3) is 0 Å². The zero-order valence-electron chi connectivity index (χ0n) is 8.68. The summed E-state index contributed by atoms with van der Waals surface area (Å²) in [5.41, 5.74) is 1.13. The molecule has 14 heavy (non-hydrogen) atoms. The van der Waals surface area contributed by atoms with E-state index < -0.39 is 0 Å². The van der Waals surface area contributed by atoms with Crippen LogP contribution in [0.1, 0.15) is 5.56 Å². The van der Waals surface area contributed by atoms with Gasteiger partial charge in [0.1, 0.15) is 0 Å². The van der Waals surface area contributed by atoms with Crippen LogP contribution >= 0.6 is 0 Å². The molecule has 74 valence electrons. The molecule has 0 atom stereocenters. The summed E-state index contributed by atoms with van der Waals surface area (Å²) in [6.07, 6.45) is 0. The lowest BCUT2D eigenvalue weighted by atomic mass is 10.2. The molecule has 0 amide bonds. The van der Waals surface area contributed by atoms with Crippen LogP contribution < -0.4 is 0 Å². The van der Waals surface area contributed by atoms with E-state index in [1.807, 2.05) is 54.6 Å². The molecule has 1 aromatic rings. The molecule has 1 aliphatic rings.